The van der Waals surface area contributed by atoms with E-state index in [0.717, 1.165) is 0 Å². The minimum Gasteiger partial charge on any atom is -0.411 e. The standard InChI is InChI=1S/C5H11N3O2/c1-4(6-9)5(7-10)8(2)3/h9-10H,1-3H3/b6-4?,7-5+. The van der Waals surface area contributed by atoms with Gasteiger partial charge < -0.3 is 15.3 Å². The zero-order valence-electron chi connectivity index (χ0n) is 6.24. The van der Waals surface area contributed by atoms with Crippen molar-refractivity contribution < 1.29 is 10.4 Å². The van der Waals surface area contributed by atoms with Gasteiger partial charge in [0.2, 0.25) is 0 Å². The van der Waals surface area contributed by atoms with E-state index in [0.29, 0.717) is 0 Å². The van der Waals surface area contributed by atoms with Crippen molar-refractivity contribution in [3.8, 4) is 0 Å². The Balaban J connectivity index is 4.39. The minimum absolute atomic E-state index is 0.238. The van der Waals surface area contributed by atoms with Gasteiger partial charge in [-0.05, 0) is 6.92 Å². The van der Waals surface area contributed by atoms with E-state index < -0.39 is 0 Å². The predicted octanol–water partition coefficient (Wildman–Crippen LogP) is 0.186. The Hall–Kier alpha value is -1.26. The molecule has 10 heavy (non-hydrogen) atoms. The lowest BCUT2D eigenvalue weighted by molar-refractivity contribution is 0.307. The average molecular weight is 145 g/mol. The molecule has 0 bridgehead atoms. The summed E-state index contributed by atoms with van der Waals surface area (Å²) in [5.41, 5.74) is 0.271. The molecule has 0 spiro atoms. The van der Waals surface area contributed by atoms with Crippen molar-refractivity contribution in [3.05, 3.63) is 0 Å². The summed E-state index contributed by atoms with van der Waals surface area (Å²) in [4.78, 5) is 1.54. The van der Waals surface area contributed by atoms with Crippen LogP contribution >= 0.6 is 0 Å². The Morgan fingerprint density at radius 2 is 1.70 bits per heavy atom. The molecule has 0 aliphatic carbocycles. The van der Waals surface area contributed by atoms with Crippen LogP contribution in [0.4, 0.5) is 0 Å². The lowest BCUT2D eigenvalue weighted by Crippen LogP contribution is -2.28. The Morgan fingerprint density at radius 1 is 1.20 bits per heavy atom. The van der Waals surface area contributed by atoms with Crippen LogP contribution in [0.1, 0.15) is 6.92 Å². The number of hydrogen-bond donors (Lipinski definition) is 2. The monoisotopic (exact) mass is 145 g/mol. The van der Waals surface area contributed by atoms with E-state index in [1.165, 1.54) is 11.8 Å². The molecule has 0 saturated carbocycles. The summed E-state index contributed by atoms with van der Waals surface area (Å²) >= 11 is 0. The third-order valence-corrected chi connectivity index (χ3v) is 0.992. The van der Waals surface area contributed by atoms with Gasteiger partial charge in [0.25, 0.3) is 0 Å². The molecule has 0 rings (SSSR count). The summed E-state index contributed by atoms with van der Waals surface area (Å²) in [6.45, 7) is 1.54. The molecule has 0 amide bonds. The summed E-state index contributed by atoms with van der Waals surface area (Å²) in [6, 6.07) is 0. The zero-order chi connectivity index (χ0) is 8.15. The Bertz CT molecular complexity index is 162. The second-order valence-electron chi connectivity index (χ2n) is 2.00. The van der Waals surface area contributed by atoms with Crippen LogP contribution in [-0.4, -0.2) is 41.0 Å². The fourth-order valence-corrected chi connectivity index (χ4v) is 0.530. The van der Waals surface area contributed by atoms with Gasteiger partial charge in [-0.1, -0.05) is 10.3 Å². The van der Waals surface area contributed by atoms with Gasteiger partial charge in [0.1, 0.15) is 5.71 Å². The molecule has 0 fully saturated rings. The molecular formula is C5H11N3O2. The molecule has 0 unspecified atom stereocenters. The van der Waals surface area contributed by atoms with Crippen LogP contribution in [0, 0.1) is 0 Å². The summed E-state index contributed by atoms with van der Waals surface area (Å²) in [6.07, 6.45) is 0. The molecule has 0 aromatic rings. The Morgan fingerprint density at radius 3 is 1.80 bits per heavy atom. The number of hydrogen-bond acceptors (Lipinski definition) is 4. The van der Waals surface area contributed by atoms with Gasteiger partial charge in [0.15, 0.2) is 5.84 Å². The number of rotatable bonds is 1. The van der Waals surface area contributed by atoms with E-state index in [1.54, 1.807) is 14.1 Å². The Labute approximate surface area is 59.2 Å². The SMILES string of the molecule is CC(=NO)/C(=N\O)N(C)C. The van der Waals surface area contributed by atoms with E-state index in [4.69, 9.17) is 10.4 Å². The van der Waals surface area contributed by atoms with Crippen LogP contribution < -0.4 is 0 Å². The van der Waals surface area contributed by atoms with Crippen LogP contribution in [0.5, 0.6) is 0 Å². The first-order valence-corrected chi connectivity index (χ1v) is 2.72. The largest absolute Gasteiger partial charge is 0.411 e. The summed E-state index contributed by atoms with van der Waals surface area (Å²) in [5.74, 6) is 0.238. The van der Waals surface area contributed by atoms with Crippen LogP contribution in [0.25, 0.3) is 0 Å². The van der Waals surface area contributed by atoms with Gasteiger partial charge >= 0.3 is 0 Å². The van der Waals surface area contributed by atoms with Crippen molar-refractivity contribution in [2.75, 3.05) is 14.1 Å². The van der Waals surface area contributed by atoms with Gasteiger partial charge in [-0.25, -0.2) is 0 Å². The quantitative estimate of drug-likeness (QED) is 0.239. The van der Waals surface area contributed by atoms with Crippen molar-refractivity contribution in [2.24, 2.45) is 10.3 Å². The maximum absolute atomic E-state index is 8.35. The fourth-order valence-electron chi connectivity index (χ4n) is 0.530. The first-order chi connectivity index (χ1) is 4.63. The molecule has 0 aromatic carbocycles. The molecule has 5 nitrogen and oxygen atoms in total. The van der Waals surface area contributed by atoms with Crippen LogP contribution in [0.15, 0.2) is 10.3 Å². The van der Waals surface area contributed by atoms with Crippen LogP contribution in [0.3, 0.4) is 0 Å². The first-order valence-electron chi connectivity index (χ1n) is 2.72. The molecule has 0 radical (unpaired) electrons. The lowest BCUT2D eigenvalue weighted by Gasteiger charge is -2.11. The van der Waals surface area contributed by atoms with E-state index in [1.807, 2.05) is 0 Å². The van der Waals surface area contributed by atoms with Gasteiger partial charge in [0.05, 0.1) is 0 Å². The van der Waals surface area contributed by atoms with Gasteiger partial charge in [-0.2, -0.15) is 0 Å². The molecule has 0 aromatic heterocycles. The lowest BCUT2D eigenvalue weighted by atomic mass is 10.4. The third kappa shape index (κ3) is 1.93. The van der Waals surface area contributed by atoms with Crippen LogP contribution in [0.2, 0.25) is 0 Å². The fraction of sp³-hybridized carbons (Fsp3) is 0.600. The first kappa shape index (κ1) is 8.74. The molecule has 0 aliphatic rings. The van der Waals surface area contributed by atoms with E-state index >= 15 is 0 Å². The number of amidine groups is 1. The molecule has 0 atom stereocenters. The van der Waals surface area contributed by atoms with Crippen LogP contribution in [-0.2, 0) is 0 Å². The van der Waals surface area contributed by atoms with Gasteiger partial charge in [0, 0.05) is 14.1 Å². The normalized spacial score (nSPS) is 13.5. The average Bonchev–Trinajstić information content (AvgIpc) is 1.88. The molecule has 0 aliphatic heterocycles. The summed E-state index contributed by atoms with van der Waals surface area (Å²) in [5, 5.41) is 22.4. The second-order valence-corrected chi connectivity index (χ2v) is 2.00. The third-order valence-electron chi connectivity index (χ3n) is 0.992. The summed E-state index contributed by atoms with van der Waals surface area (Å²) in [7, 11) is 3.37. The smallest absolute Gasteiger partial charge is 0.192 e. The minimum atomic E-state index is 0.238. The van der Waals surface area contributed by atoms with Crippen molar-refractivity contribution >= 4 is 11.5 Å². The van der Waals surface area contributed by atoms with Gasteiger partial charge in [-0.15, -0.1) is 0 Å². The van der Waals surface area contributed by atoms with Crippen molar-refractivity contribution in [1.82, 2.24) is 4.90 Å². The molecular weight excluding hydrogens is 134 g/mol. The number of oxime groups is 2. The number of nitrogens with zero attached hydrogens (tertiary/aromatic N) is 3. The molecule has 0 saturated heterocycles. The predicted molar refractivity (Wildman–Crippen MR) is 37.8 cm³/mol. The van der Waals surface area contributed by atoms with E-state index in [2.05, 4.69) is 10.3 Å². The summed E-state index contributed by atoms with van der Waals surface area (Å²) < 4.78 is 0. The maximum Gasteiger partial charge on any atom is 0.192 e. The Kier molecular flexibility index (Phi) is 3.24. The molecule has 2 N–H and O–H groups in total. The topological polar surface area (TPSA) is 68.4 Å². The van der Waals surface area contributed by atoms with E-state index in [9.17, 15) is 0 Å². The van der Waals surface area contributed by atoms with Crippen molar-refractivity contribution in [1.29, 1.82) is 0 Å². The van der Waals surface area contributed by atoms with E-state index in [-0.39, 0.29) is 11.5 Å². The van der Waals surface area contributed by atoms with Crippen molar-refractivity contribution in [3.63, 3.8) is 0 Å². The van der Waals surface area contributed by atoms with Crippen molar-refractivity contribution in [2.45, 2.75) is 6.92 Å². The maximum atomic E-state index is 8.35. The highest BCUT2D eigenvalue weighted by Gasteiger charge is 2.05. The molecule has 0 heterocycles. The highest BCUT2D eigenvalue weighted by atomic mass is 16.4. The zero-order valence-corrected chi connectivity index (χ0v) is 6.24. The van der Waals surface area contributed by atoms with Gasteiger partial charge in [-0.3, -0.25) is 0 Å². The second kappa shape index (κ2) is 3.71. The highest BCUT2D eigenvalue weighted by molar-refractivity contribution is 6.39. The highest BCUT2D eigenvalue weighted by Crippen LogP contribution is 1.86. The molecule has 58 valence electrons. The molecule has 5 heteroatoms.